The Morgan fingerprint density at radius 3 is 2.38 bits per heavy atom. The zero-order valence-corrected chi connectivity index (χ0v) is 14.4. The van der Waals surface area contributed by atoms with Gasteiger partial charge in [0, 0.05) is 16.5 Å². The molecule has 4 rings (SSSR count). The van der Waals surface area contributed by atoms with Crippen molar-refractivity contribution in [3.8, 4) is 22.1 Å². The molecule has 118 valence electrons. The van der Waals surface area contributed by atoms with Crippen LogP contribution in [0.5, 0.6) is 11.6 Å². The van der Waals surface area contributed by atoms with E-state index in [1.54, 1.807) is 11.3 Å². The summed E-state index contributed by atoms with van der Waals surface area (Å²) >= 11 is 1.72. The molecule has 0 spiro atoms. The minimum absolute atomic E-state index is 0.671. The minimum Gasteiger partial charge on any atom is -0.438 e. The van der Waals surface area contributed by atoms with Crippen molar-refractivity contribution < 1.29 is 4.74 Å². The van der Waals surface area contributed by atoms with Gasteiger partial charge >= 0.3 is 0 Å². The second-order valence-electron chi connectivity index (χ2n) is 5.94. The lowest BCUT2D eigenvalue weighted by atomic mass is 10.1. The summed E-state index contributed by atoms with van der Waals surface area (Å²) in [4.78, 5) is 5.68. The normalized spacial score (nSPS) is 10.9. The fourth-order valence-corrected chi connectivity index (χ4v) is 3.95. The van der Waals surface area contributed by atoms with Crippen LogP contribution in [0.1, 0.15) is 11.1 Å². The Hall–Kier alpha value is -2.65. The van der Waals surface area contributed by atoms with Crippen molar-refractivity contribution in [1.29, 1.82) is 0 Å². The highest BCUT2D eigenvalue weighted by Crippen LogP contribution is 2.38. The zero-order valence-electron chi connectivity index (χ0n) is 13.6. The standard InChI is InChI=1S/C21H17NOS/c1-14-10-15(2)12-18(11-14)23-21-20-17(8-9-22-21)13-19(24-20)16-6-4-3-5-7-16/h3-13H,1-2H3. The average Bonchev–Trinajstić information content (AvgIpc) is 3.00. The van der Waals surface area contributed by atoms with E-state index in [1.165, 1.54) is 21.6 Å². The molecule has 3 heteroatoms. The summed E-state index contributed by atoms with van der Waals surface area (Å²) in [5, 5.41) is 1.16. The van der Waals surface area contributed by atoms with E-state index in [0.29, 0.717) is 5.88 Å². The van der Waals surface area contributed by atoms with Crippen molar-refractivity contribution in [2.75, 3.05) is 0 Å². The summed E-state index contributed by atoms with van der Waals surface area (Å²) in [6.45, 7) is 4.15. The van der Waals surface area contributed by atoms with Crippen LogP contribution in [0.2, 0.25) is 0 Å². The van der Waals surface area contributed by atoms with E-state index < -0.39 is 0 Å². The molecule has 2 heterocycles. The van der Waals surface area contributed by atoms with Crippen LogP contribution in [0, 0.1) is 13.8 Å². The molecule has 0 aliphatic rings. The van der Waals surface area contributed by atoms with Gasteiger partial charge in [-0.15, -0.1) is 11.3 Å². The number of aryl methyl sites for hydroxylation is 2. The number of aromatic nitrogens is 1. The summed E-state index contributed by atoms with van der Waals surface area (Å²) in [6.07, 6.45) is 1.81. The van der Waals surface area contributed by atoms with E-state index >= 15 is 0 Å². The summed E-state index contributed by atoms with van der Waals surface area (Å²) in [5.41, 5.74) is 3.60. The van der Waals surface area contributed by atoms with Gasteiger partial charge in [-0.2, -0.15) is 0 Å². The molecule has 0 saturated carbocycles. The van der Waals surface area contributed by atoms with Gasteiger partial charge in [-0.1, -0.05) is 36.4 Å². The van der Waals surface area contributed by atoms with Gasteiger partial charge < -0.3 is 4.74 Å². The summed E-state index contributed by atoms with van der Waals surface area (Å²) < 4.78 is 7.18. The van der Waals surface area contributed by atoms with Crippen LogP contribution < -0.4 is 4.74 Å². The highest BCUT2D eigenvalue weighted by molar-refractivity contribution is 7.22. The van der Waals surface area contributed by atoms with Crippen LogP contribution in [-0.4, -0.2) is 4.98 Å². The third-order valence-electron chi connectivity index (χ3n) is 3.87. The Morgan fingerprint density at radius 1 is 0.875 bits per heavy atom. The molecule has 0 amide bonds. The Balaban J connectivity index is 1.77. The largest absolute Gasteiger partial charge is 0.438 e. The Bertz CT molecular complexity index is 985. The van der Waals surface area contributed by atoms with Crippen LogP contribution in [0.15, 0.2) is 66.9 Å². The van der Waals surface area contributed by atoms with Gasteiger partial charge in [-0.05, 0) is 54.8 Å². The molecule has 0 atom stereocenters. The number of pyridine rings is 1. The Morgan fingerprint density at radius 2 is 1.62 bits per heavy atom. The molecule has 2 nitrogen and oxygen atoms in total. The summed E-state index contributed by atoms with van der Waals surface area (Å²) in [7, 11) is 0. The molecule has 0 aliphatic carbocycles. The van der Waals surface area contributed by atoms with Crippen molar-refractivity contribution in [3.63, 3.8) is 0 Å². The first-order chi connectivity index (χ1) is 11.7. The zero-order chi connectivity index (χ0) is 16.5. The van der Waals surface area contributed by atoms with Gasteiger partial charge in [-0.3, -0.25) is 0 Å². The highest BCUT2D eigenvalue weighted by atomic mass is 32.1. The Labute approximate surface area is 145 Å². The SMILES string of the molecule is Cc1cc(C)cc(Oc2nccc3cc(-c4ccccc4)sc23)c1. The molecular weight excluding hydrogens is 314 g/mol. The number of hydrogen-bond acceptors (Lipinski definition) is 3. The van der Waals surface area contributed by atoms with Gasteiger partial charge in [0.15, 0.2) is 0 Å². The van der Waals surface area contributed by atoms with Crippen LogP contribution in [0.3, 0.4) is 0 Å². The molecule has 2 aromatic carbocycles. The van der Waals surface area contributed by atoms with Crippen LogP contribution in [0.4, 0.5) is 0 Å². The quantitative estimate of drug-likeness (QED) is 0.435. The lowest BCUT2D eigenvalue weighted by Crippen LogP contribution is -1.89. The van der Waals surface area contributed by atoms with Crippen LogP contribution >= 0.6 is 11.3 Å². The van der Waals surface area contributed by atoms with E-state index in [9.17, 15) is 0 Å². The van der Waals surface area contributed by atoms with E-state index in [1.807, 2.05) is 30.5 Å². The molecule has 24 heavy (non-hydrogen) atoms. The van der Waals surface area contributed by atoms with Crippen molar-refractivity contribution in [2.24, 2.45) is 0 Å². The van der Waals surface area contributed by atoms with Crippen molar-refractivity contribution in [2.45, 2.75) is 13.8 Å². The summed E-state index contributed by atoms with van der Waals surface area (Å²) in [5.74, 6) is 1.51. The molecule has 0 N–H and O–H groups in total. The number of fused-ring (bicyclic) bond motifs is 1. The fourth-order valence-electron chi connectivity index (χ4n) is 2.86. The topological polar surface area (TPSA) is 22.1 Å². The molecular formula is C21H17NOS. The number of ether oxygens (including phenoxy) is 1. The average molecular weight is 331 g/mol. The van der Waals surface area contributed by atoms with Gasteiger partial charge in [0.2, 0.25) is 5.88 Å². The van der Waals surface area contributed by atoms with E-state index in [-0.39, 0.29) is 0 Å². The van der Waals surface area contributed by atoms with Crippen molar-refractivity contribution >= 4 is 21.4 Å². The van der Waals surface area contributed by atoms with E-state index in [4.69, 9.17) is 4.74 Å². The van der Waals surface area contributed by atoms with Gasteiger partial charge in [0.05, 0.1) is 4.70 Å². The van der Waals surface area contributed by atoms with Crippen LogP contribution in [0.25, 0.3) is 20.5 Å². The number of hydrogen-bond donors (Lipinski definition) is 0. The monoisotopic (exact) mass is 331 g/mol. The van der Waals surface area contributed by atoms with Gasteiger partial charge in [0.1, 0.15) is 5.75 Å². The maximum absolute atomic E-state index is 6.10. The minimum atomic E-state index is 0.671. The maximum atomic E-state index is 6.10. The lowest BCUT2D eigenvalue weighted by Gasteiger charge is -2.07. The molecule has 0 fully saturated rings. The first kappa shape index (κ1) is 14.9. The Kier molecular flexibility index (Phi) is 3.79. The third kappa shape index (κ3) is 2.91. The molecule has 4 aromatic rings. The van der Waals surface area contributed by atoms with E-state index in [0.717, 1.165) is 15.8 Å². The predicted molar refractivity (Wildman–Crippen MR) is 101 cm³/mol. The van der Waals surface area contributed by atoms with Gasteiger partial charge in [0.25, 0.3) is 0 Å². The van der Waals surface area contributed by atoms with Crippen molar-refractivity contribution in [3.05, 3.63) is 78.0 Å². The molecule has 0 radical (unpaired) electrons. The number of thiophene rings is 1. The molecule has 0 aliphatic heterocycles. The summed E-state index contributed by atoms with van der Waals surface area (Å²) in [6, 6.07) is 20.9. The lowest BCUT2D eigenvalue weighted by molar-refractivity contribution is 0.469. The molecule has 0 unspecified atom stereocenters. The first-order valence-electron chi connectivity index (χ1n) is 7.89. The smallest absolute Gasteiger partial charge is 0.237 e. The van der Waals surface area contributed by atoms with Crippen LogP contribution in [-0.2, 0) is 0 Å². The third-order valence-corrected chi connectivity index (χ3v) is 5.06. The second kappa shape index (κ2) is 6.10. The first-order valence-corrected chi connectivity index (χ1v) is 8.71. The van der Waals surface area contributed by atoms with Gasteiger partial charge in [-0.25, -0.2) is 4.98 Å². The number of nitrogens with zero attached hydrogens (tertiary/aromatic N) is 1. The van der Waals surface area contributed by atoms with Crippen molar-refractivity contribution in [1.82, 2.24) is 4.98 Å². The second-order valence-corrected chi connectivity index (χ2v) is 6.99. The number of benzene rings is 2. The highest BCUT2D eigenvalue weighted by Gasteiger charge is 2.11. The van der Waals surface area contributed by atoms with E-state index in [2.05, 4.69) is 55.2 Å². The predicted octanol–water partition coefficient (Wildman–Crippen LogP) is 6.37. The molecule has 0 bridgehead atoms. The number of rotatable bonds is 3. The molecule has 2 aromatic heterocycles. The fraction of sp³-hybridized carbons (Fsp3) is 0.0952. The molecule has 0 saturated heterocycles. The maximum Gasteiger partial charge on any atom is 0.237 e.